The van der Waals surface area contributed by atoms with Crippen molar-refractivity contribution >= 4 is 44.4 Å². The molecule has 2 aromatic carbocycles. The molecular weight excluding hydrogens is 246 g/mol. The van der Waals surface area contributed by atoms with Crippen LogP contribution in [0.5, 0.6) is 0 Å². The number of halogens is 1. The average Bonchev–Trinajstić information content (AvgIpc) is 2.73. The zero-order valence-electron chi connectivity index (χ0n) is 9.35. The van der Waals surface area contributed by atoms with Crippen molar-refractivity contribution in [3.05, 3.63) is 53.7 Å². The van der Waals surface area contributed by atoms with Gasteiger partial charge >= 0.3 is 0 Å². The van der Waals surface area contributed by atoms with Crippen LogP contribution in [0.1, 0.15) is 0 Å². The molecule has 2 heterocycles. The Kier molecular flexibility index (Phi) is 1.91. The molecule has 0 saturated carbocycles. The van der Waals surface area contributed by atoms with Crippen molar-refractivity contribution < 1.29 is 4.42 Å². The highest BCUT2D eigenvalue weighted by Gasteiger charge is 2.08. The number of furan rings is 1. The Hall–Kier alpha value is -2.06. The van der Waals surface area contributed by atoms with Crippen molar-refractivity contribution in [3.8, 4) is 0 Å². The molecule has 0 N–H and O–H groups in total. The summed E-state index contributed by atoms with van der Waals surface area (Å²) in [6.07, 6.45) is 1.80. The van der Waals surface area contributed by atoms with E-state index in [1.807, 2.05) is 42.5 Å². The number of rotatable bonds is 0. The van der Waals surface area contributed by atoms with Crippen LogP contribution in [0.2, 0.25) is 5.02 Å². The zero-order chi connectivity index (χ0) is 12.1. The summed E-state index contributed by atoms with van der Waals surface area (Å²) in [5.41, 5.74) is 2.69. The molecular formula is C15H8ClNO. The van der Waals surface area contributed by atoms with Crippen LogP contribution in [-0.2, 0) is 0 Å². The Bertz CT molecular complexity index is 895. The lowest BCUT2D eigenvalue weighted by Gasteiger charge is -1.96. The predicted octanol–water partition coefficient (Wildman–Crippen LogP) is 4.79. The Labute approximate surface area is 108 Å². The summed E-state index contributed by atoms with van der Waals surface area (Å²) in [4.78, 5) is 4.37. The first-order valence-corrected chi connectivity index (χ1v) is 6.06. The number of pyridine rings is 1. The molecule has 86 valence electrons. The lowest BCUT2D eigenvalue weighted by Crippen LogP contribution is -1.76. The molecule has 0 amide bonds. The van der Waals surface area contributed by atoms with E-state index >= 15 is 0 Å². The van der Waals surface area contributed by atoms with Crippen LogP contribution in [0, 0.1) is 0 Å². The number of aromatic nitrogens is 1. The van der Waals surface area contributed by atoms with Crippen LogP contribution >= 0.6 is 11.6 Å². The van der Waals surface area contributed by atoms with Gasteiger partial charge in [-0.05, 0) is 36.4 Å². The van der Waals surface area contributed by atoms with E-state index in [1.54, 1.807) is 6.20 Å². The first-order valence-electron chi connectivity index (χ1n) is 5.68. The third-order valence-electron chi connectivity index (χ3n) is 3.16. The van der Waals surface area contributed by atoms with Gasteiger partial charge in [0.1, 0.15) is 11.2 Å². The van der Waals surface area contributed by atoms with E-state index in [1.165, 1.54) is 0 Å². The normalized spacial score (nSPS) is 11.6. The summed E-state index contributed by atoms with van der Waals surface area (Å²) in [6.45, 7) is 0. The fraction of sp³-hybridized carbons (Fsp3) is 0. The quantitative estimate of drug-likeness (QED) is 0.450. The summed E-state index contributed by atoms with van der Waals surface area (Å²) in [6, 6.07) is 13.7. The topological polar surface area (TPSA) is 26.0 Å². The van der Waals surface area contributed by atoms with Gasteiger partial charge in [-0.25, -0.2) is 0 Å². The maximum Gasteiger partial charge on any atom is 0.136 e. The van der Waals surface area contributed by atoms with Gasteiger partial charge in [0.25, 0.3) is 0 Å². The summed E-state index contributed by atoms with van der Waals surface area (Å²) in [7, 11) is 0. The maximum absolute atomic E-state index is 6.04. The minimum Gasteiger partial charge on any atom is -0.456 e. The summed E-state index contributed by atoms with van der Waals surface area (Å²) >= 11 is 6.04. The summed E-state index contributed by atoms with van der Waals surface area (Å²) in [5, 5.41) is 3.88. The lowest BCUT2D eigenvalue weighted by molar-refractivity contribution is 0.669. The maximum atomic E-state index is 6.04. The third kappa shape index (κ3) is 1.33. The predicted molar refractivity (Wildman–Crippen MR) is 74.0 cm³/mol. The first kappa shape index (κ1) is 9.92. The van der Waals surface area contributed by atoms with Crippen LogP contribution in [0.4, 0.5) is 0 Å². The highest BCUT2D eigenvalue weighted by molar-refractivity contribution is 6.31. The van der Waals surface area contributed by atoms with Gasteiger partial charge < -0.3 is 4.42 Å². The van der Waals surface area contributed by atoms with Crippen molar-refractivity contribution in [1.29, 1.82) is 0 Å². The molecule has 0 bridgehead atoms. The number of hydrogen-bond donors (Lipinski definition) is 0. The van der Waals surface area contributed by atoms with E-state index in [9.17, 15) is 0 Å². The minimum atomic E-state index is 0.714. The van der Waals surface area contributed by atoms with Crippen molar-refractivity contribution in [3.63, 3.8) is 0 Å². The van der Waals surface area contributed by atoms with E-state index in [2.05, 4.69) is 4.98 Å². The molecule has 0 unspecified atom stereocenters. The van der Waals surface area contributed by atoms with E-state index in [0.29, 0.717) is 5.02 Å². The summed E-state index contributed by atoms with van der Waals surface area (Å²) in [5.74, 6) is 0. The van der Waals surface area contributed by atoms with Crippen molar-refractivity contribution in [1.82, 2.24) is 4.98 Å². The molecule has 4 aromatic rings. The highest BCUT2D eigenvalue weighted by atomic mass is 35.5. The molecule has 0 aliphatic heterocycles. The van der Waals surface area contributed by atoms with Gasteiger partial charge in [0.05, 0.1) is 5.52 Å². The number of fused-ring (bicyclic) bond motifs is 4. The highest BCUT2D eigenvalue weighted by Crippen LogP contribution is 2.32. The fourth-order valence-corrected chi connectivity index (χ4v) is 2.49. The van der Waals surface area contributed by atoms with Gasteiger partial charge in [0.15, 0.2) is 0 Å². The minimum absolute atomic E-state index is 0.714. The molecule has 0 aliphatic carbocycles. The Morgan fingerprint density at radius 3 is 2.78 bits per heavy atom. The van der Waals surface area contributed by atoms with Gasteiger partial charge in [0.2, 0.25) is 0 Å². The molecule has 18 heavy (non-hydrogen) atoms. The van der Waals surface area contributed by atoms with Crippen molar-refractivity contribution in [2.24, 2.45) is 0 Å². The Morgan fingerprint density at radius 2 is 1.83 bits per heavy atom. The summed E-state index contributed by atoms with van der Waals surface area (Å²) < 4.78 is 5.83. The van der Waals surface area contributed by atoms with Crippen molar-refractivity contribution in [2.45, 2.75) is 0 Å². The van der Waals surface area contributed by atoms with E-state index in [4.69, 9.17) is 16.0 Å². The molecule has 0 atom stereocenters. The first-order chi connectivity index (χ1) is 8.81. The van der Waals surface area contributed by atoms with Gasteiger partial charge in [-0.15, -0.1) is 0 Å². The molecule has 0 saturated heterocycles. The third-order valence-corrected chi connectivity index (χ3v) is 3.39. The zero-order valence-corrected chi connectivity index (χ0v) is 10.1. The van der Waals surface area contributed by atoms with E-state index in [0.717, 1.165) is 32.8 Å². The van der Waals surface area contributed by atoms with Gasteiger partial charge in [-0.3, -0.25) is 4.98 Å². The van der Waals surface area contributed by atoms with Gasteiger partial charge in [-0.2, -0.15) is 0 Å². The molecule has 0 spiro atoms. The average molecular weight is 254 g/mol. The van der Waals surface area contributed by atoms with Crippen molar-refractivity contribution in [2.75, 3.05) is 0 Å². The molecule has 0 fully saturated rings. The number of hydrogen-bond acceptors (Lipinski definition) is 2. The second kappa shape index (κ2) is 3.47. The van der Waals surface area contributed by atoms with Crippen LogP contribution in [0.15, 0.2) is 53.1 Å². The smallest absolute Gasteiger partial charge is 0.136 e. The Morgan fingerprint density at radius 1 is 0.944 bits per heavy atom. The number of benzene rings is 2. The van der Waals surface area contributed by atoms with Gasteiger partial charge in [-0.1, -0.05) is 17.7 Å². The lowest BCUT2D eigenvalue weighted by atomic mass is 10.1. The van der Waals surface area contributed by atoms with Crippen LogP contribution in [0.25, 0.3) is 32.8 Å². The largest absolute Gasteiger partial charge is 0.456 e. The molecule has 4 rings (SSSR count). The Balaban J connectivity index is 2.25. The molecule has 3 heteroatoms. The van der Waals surface area contributed by atoms with Crippen LogP contribution in [-0.4, -0.2) is 4.98 Å². The molecule has 2 nitrogen and oxygen atoms in total. The monoisotopic (exact) mass is 253 g/mol. The molecule has 0 radical (unpaired) electrons. The molecule has 2 aromatic heterocycles. The molecule has 0 aliphatic rings. The van der Waals surface area contributed by atoms with Crippen LogP contribution < -0.4 is 0 Å². The SMILES string of the molecule is Clc1ccc2oc3cc4cccnc4cc3c2c1. The van der Waals surface area contributed by atoms with E-state index < -0.39 is 0 Å². The second-order valence-corrected chi connectivity index (χ2v) is 4.72. The van der Waals surface area contributed by atoms with Gasteiger partial charge in [0, 0.05) is 27.4 Å². The standard InChI is InChI=1S/C15H8ClNO/c16-10-3-4-14-11(7-10)12-8-13-9(2-1-5-17-13)6-15(12)18-14/h1-8H. The van der Waals surface area contributed by atoms with Crippen LogP contribution in [0.3, 0.4) is 0 Å². The fourth-order valence-electron chi connectivity index (χ4n) is 2.31. The second-order valence-electron chi connectivity index (χ2n) is 4.29. The number of nitrogens with zero attached hydrogens (tertiary/aromatic N) is 1. The van der Waals surface area contributed by atoms with E-state index in [-0.39, 0.29) is 0 Å².